The number of benzene rings is 1. The van der Waals surface area contributed by atoms with Crippen LogP contribution in [-0.4, -0.2) is 40.4 Å². The number of carbonyl (C=O) groups excluding carboxylic acids is 1. The minimum atomic E-state index is 0.152. The van der Waals surface area contributed by atoms with Crippen LogP contribution in [0.3, 0.4) is 0 Å². The number of amides is 1. The summed E-state index contributed by atoms with van der Waals surface area (Å²) in [5, 5.41) is 2.02. The van der Waals surface area contributed by atoms with Gasteiger partial charge >= 0.3 is 0 Å². The molecule has 0 N–H and O–H groups in total. The summed E-state index contributed by atoms with van der Waals surface area (Å²) < 4.78 is 7.21. The van der Waals surface area contributed by atoms with Crippen molar-refractivity contribution in [1.29, 1.82) is 0 Å². The van der Waals surface area contributed by atoms with Gasteiger partial charge in [-0.3, -0.25) is 9.20 Å². The number of hydrogen-bond donors (Lipinski definition) is 0. The number of carbonyl (C=O) groups is 1. The van der Waals surface area contributed by atoms with Gasteiger partial charge in [0.25, 0.3) is 0 Å². The first-order valence-electron chi connectivity index (χ1n) is 8.04. The Morgan fingerprint density at radius 1 is 1.25 bits per heavy atom. The Labute approximate surface area is 145 Å². The largest absolute Gasteiger partial charge is 0.497 e. The van der Waals surface area contributed by atoms with Gasteiger partial charge in [0.15, 0.2) is 4.96 Å². The van der Waals surface area contributed by atoms with E-state index in [0.29, 0.717) is 6.42 Å². The third-order valence-electron chi connectivity index (χ3n) is 4.12. The Morgan fingerprint density at radius 3 is 2.58 bits per heavy atom. The molecule has 0 unspecified atom stereocenters. The highest BCUT2D eigenvalue weighted by Gasteiger charge is 2.15. The summed E-state index contributed by atoms with van der Waals surface area (Å²) >= 11 is 1.56. The first-order chi connectivity index (χ1) is 11.7. The van der Waals surface area contributed by atoms with E-state index in [1.807, 2.05) is 59.0 Å². The molecule has 0 spiro atoms. The molecule has 2 aromatic heterocycles. The number of thiazole rings is 1. The fourth-order valence-electron chi connectivity index (χ4n) is 2.70. The van der Waals surface area contributed by atoms with Crippen LogP contribution in [0.15, 0.2) is 35.8 Å². The van der Waals surface area contributed by atoms with Crippen LogP contribution in [0.5, 0.6) is 5.75 Å². The zero-order valence-electron chi connectivity index (χ0n) is 14.2. The van der Waals surface area contributed by atoms with Gasteiger partial charge in [0.05, 0.1) is 19.2 Å². The average molecular weight is 343 g/mol. The predicted molar refractivity (Wildman–Crippen MR) is 96.7 cm³/mol. The molecule has 0 aliphatic rings. The molecule has 3 rings (SSSR count). The van der Waals surface area contributed by atoms with Crippen LogP contribution >= 0.6 is 11.3 Å². The lowest BCUT2D eigenvalue weighted by molar-refractivity contribution is -0.130. The molecule has 3 aromatic rings. The van der Waals surface area contributed by atoms with Crippen molar-refractivity contribution in [3.63, 3.8) is 0 Å². The summed E-state index contributed by atoms with van der Waals surface area (Å²) in [6.45, 7) is 5.49. The zero-order chi connectivity index (χ0) is 17.1. The number of methoxy groups -OCH3 is 1. The third-order valence-corrected chi connectivity index (χ3v) is 5.01. The molecular weight excluding hydrogens is 322 g/mol. The van der Waals surface area contributed by atoms with E-state index < -0.39 is 0 Å². The number of aromatic nitrogens is 2. The topological polar surface area (TPSA) is 46.8 Å². The minimum Gasteiger partial charge on any atom is -0.497 e. The fraction of sp³-hybridized carbons (Fsp3) is 0.333. The van der Waals surface area contributed by atoms with Gasteiger partial charge in [-0.25, -0.2) is 4.98 Å². The molecular formula is C18H21N3O2S. The van der Waals surface area contributed by atoms with E-state index in [9.17, 15) is 4.79 Å². The van der Waals surface area contributed by atoms with Gasteiger partial charge in [0.2, 0.25) is 5.91 Å². The van der Waals surface area contributed by atoms with Gasteiger partial charge in [0.1, 0.15) is 5.75 Å². The maximum Gasteiger partial charge on any atom is 0.228 e. The summed E-state index contributed by atoms with van der Waals surface area (Å²) in [4.78, 5) is 19.8. The van der Waals surface area contributed by atoms with Crippen molar-refractivity contribution in [3.05, 3.63) is 41.5 Å². The second-order valence-corrected chi connectivity index (χ2v) is 6.31. The molecule has 0 fully saturated rings. The van der Waals surface area contributed by atoms with Crippen molar-refractivity contribution in [2.45, 2.75) is 20.3 Å². The fourth-order valence-corrected chi connectivity index (χ4v) is 3.57. The Hall–Kier alpha value is -2.34. The summed E-state index contributed by atoms with van der Waals surface area (Å²) in [7, 11) is 1.65. The summed E-state index contributed by atoms with van der Waals surface area (Å²) in [6.07, 6.45) is 2.40. The first-order valence-corrected chi connectivity index (χ1v) is 8.91. The van der Waals surface area contributed by atoms with Crippen molar-refractivity contribution in [2.24, 2.45) is 0 Å². The molecule has 0 aliphatic heterocycles. The van der Waals surface area contributed by atoms with Gasteiger partial charge in [-0.15, -0.1) is 11.3 Å². The number of rotatable bonds is 6. The van der Waals surface area contributed by atoms with Gasteiger partial charge in [0, 0.05) is 35.9 Å². The van der Waals surface area contributed by atoms with Gasteiger partial charge in [-0.1, -0.05) is 0 Å². The molecule has 5 nitrogen and oxygen atoms in total. The van der Waals surface area contributed by atoms with Crippen LogP contribution in [0, 0.1) is 0 Å². The van der Waals surface area contributed by atoms with Crippen molar-refractivity contribution in [1.82, 2.24) is 14.3 Å². The average Bonchev–Trinajstić information content (AvgIpc) is 3.18. The normalized spacial score (nSPS) is 11.0. The molecule has 6 heteroatoms. The molecule has 24 heavy (non-hydrogen) atoms. The van der Waals surface area contributed by atoms with Crippen molar-refractivity contribution >= 4 is 22.2 Å². The van der Waals surface area contributed by atoms with E-state index in [2.05, 4.69) is 4.98 Å². The second kappa shape index (κ2) is 7.05. The molecule has 1 aromatic carbocycles. The first kappa shape index (κ1) is 16.5. The molecule has 0 radical (unpaired) electrons. The van der Waals surface area contributed by atoms with Crippen LogP contribution in [0.4, 0.5) is 0 Å². The van der Waals surface area contributed by atoms with Crippen molar-refractivity contribution in [3.8, 4) is 17.0 Å². The van der Waals surface area contributed by atoms with E-state index in [1.165, 1.54) is 0 Å². The Balaban J connectivity index is 1.87. The highest BCUT2D eigenvalue weighted by Crippen LogP contribution is 2.25. The number of fused-ring (bicyclic) bond motifs is 1. The van der Waals surface area contributed by atoms with E-state index in [-0.39, 0.29) is 5.91 Å². The molecule has 0 saturated heterocycles. The highest BCUT2D eigenvalue weighted by molar-refractivity contribution is 7.15. The van der Waals surface area contributed by atoms with E-state index in [0.717, 1.165) is 40.8 Å². The van der Waals surface area contributed by atoms with Gasteiger partial charge < -0.3 is 9.64 Å². The van der Waals surface area contributed by atoms with Crippen molar-refractivity contribution in [2.75, 3.05) is 20.2 Å². The lowest BCUT2D eigenvalue weighted by atomic mass is 10.2. The smallest absolute Gasteiger partial charge is 0.228 e. The van der Waals surface area contributed by atoms with Gasteiger partial charge in [-0.2, -0.15) is 0 Å². The molecule has 2 heterocycles. The standard InChI is InChI=1S/C18H21N3O2S/c1-4-20(5-2)17(22)10-14-12-24-18-19-16(11-21(14)18)13-6-8-15(23-3)9-7-13/h6-9,11-12H,4-5,10H2,1-3H3. The summed E-state index contributed by atoms with van der Waals surface area (Å²) in [5.41, 5.74) is 2.92. The van der Waals surface area contributed by atoms with Crippen LogP contribution in [0.2, 0.25) is 0 Å². The Kier molecular flexibility index (Phi) is 4.85. The molecule has 126 valence electrons. The second-order valence-electron chi connectivity index (χ2n) is 5.48. The maximum absolute atomic E-state index is 12.3. The monoisotopic (exact) mass is 343 g/mol. The maximum atomic E-state index is 12.3. The Morgan fingerprint density at radius 2 is 1.96 bits per heavy atom. The molecule has 0 aliphatic carbocycles. The van der Waals surface area contributed by atoms with Gasteiger partial charge in [-0.05, 0) is 38.1 Å². The number of likely N-dealkylation sites (N-methyl/N-ethyl adjacent to an activating group) is 1. The number of nitrogens with zero attached hydrogens (tertiary/aromatic N) is 3. The predicted octanol–water partition coefficient (Wildman–Crippen LogP) is 3.48. The third kappa shape index (κ3) is 3.14. The van der Waals surface area contributed by atoms with Crippen LogP contribution < -0.4 is 4.74 Å². The Bertz CT molecular complexity index is 832. The lowest BCUT2D eigenvalue weighted by Crippen LogP contribution is -2.32. The molecule has 1 amide bonds. The van der Waals surface area contributed by atoms with E-state index in [4.69, 9.17) is 4.74 Å². The van der Waals surface area contributed by atoms with E-state index >= 15 is 0 Å². The quantitative estimate of drug-likeness (QED) is 0.688. The number of imidazole rings is 1. The molecule has 0 atom stereocenters. The van der Waals surface area contributed by atoms with Crippen molar-refractivity contribution < 1.29 is 9.53 Å². The lowest BCUT2D eigenvalue weighted by Gasteiger charge is -2.18. The van der Waals surface area contributed by atoms with Crippen LogP contribution in [0.25, 0.3) is 16.2 Å². The van der Waals surface area contributed by atoms with Crippen LogP contribution in [0.1, 0.15) is 19.5 Å². The SMILES string of the molecule is CCN(CC)C(=O)Cc1csc2nc(-c3ccc(OC)cc3)cn12. The molecule has 0 bridgehead atoms. The molecule has 0 saturated carbocycles. The van der Waals surface area contributed by atoms with E-state index in [1.54, 1.807) is 18.4 Å². The number of ether oxygens (including phenoxy) is 1. The number of hydrogen-bond acceptors (Lipinski definition) is 4. The van der Waals surface area contributed by atoms with Crippen LogP contribution in [-0.2, 0) is 11.2 Å². The summed E-state index contributed by atoms with van der Waals surface area (Å²) in [5.74, 6) is 0.977. The zero-order valence-corrected chi connectivity index (χ0v) is 15.0. The highest BCUT2D eigenvalue weighted by atomic mass is 32.1. The minimum absolute atomic E-state index is 0.152. The summed E-state index contributed by atoms with van der Waals surface area (Å²) in [6, 6.07) is 7.83.